The second kappa shape index (κ2) is 7.66. The molecule has 3 rings (SSSR count). The van der Waals surface area contributed by atoms with Crippen molar-refractivity contribution < 1.29 is 19.8 Å². The van der Waals surface area contributed by atoms with Crippen LogP contribution in [0.5, 0.6) is 0 Å². The first-order valence-electron chi connectivity index (χ1n) is 8.37. The summed E-state index contributed by atoms with van der Waals surface area (Å²) >= 11 is 12.7. The number of carboxylic acids is 2. The Morgan fingerprint density at radius 1 is 0.714 bits per heavy atom. The maximum absolute atomic E-state index is 12.2. The Kier molecular flexibility index (Phi) is 5.45. The molecule has 0 fully saturated rings. The minimum absolute atomic E-state index is 0.0548. The Morgan fingerprint density at radius 2 is 1.21 bits per heavy atom. The molecule has 0 bridgehead atoms. The van der Waals surface area contributed by atoms with Gasteiger partial charge in [-0.2, -0.15) is 0 Å². The highest BCUT2D eigenvalue weighted by Crippen LogP contribution is 2.40. The van der Waals surface area contributed by atoms with Gasteiger partial charge in [0, 0.05) is 26.7 Å². The predicted octanol–water partition coefficient (Wildman–Crippen LogP) is 6.34. The maximum Gasteiger partial charge on any atom is 0.336 e. The van der Waals surface area contributed by atoms with Crippen LogP contribution in [0, 0.1) is 13.8 Å². The second-order valence-corrected chi connectivity index (χ2v) is 7.30. The molecule has 0 radical (unpaired) electrons. The van der Waals surface area contributed by atoms with Crippen LogP contribution in [0.1, 0.15) is 31.8 Å². The molecule has 0 aliphatic heterocycles. The molecule has 3 aromatic carbocycles. The Morgan fingerprint density at radius 3 is 1.68 bits per heavy atom. The van der Waals surface area contributed by atoms with E-state index in [0.29, 0.717) is 21.7 Å². The molecular weight excluding hydrogens is 399 g/mol. The number of rotatable bonds is 4. The third-order valence-corrected chi connectivity index (χ3v) is 5.08. The lowest BCUT2D eigenvalue weighted by molar-refractivity contribution is 0.0696. The largest absolute Gasteiger partial charge is 0.478 e. The van der Waals surface area contributed by atoms with Gasteiger partial charge in [0.1, 0.15) is 0 Å². The third kappa shape index (κ3) is 3.61. The summed E-state index contributed by atoms with van der Waals surface area (Å²) in [6.45, 7) is 3.72. The van der Waals surface area contributed by atoms with Gasteiger partial charge in [0.2, 0.25) is 0 Å². The molecule has 2 N–H and O–H groups in total. The van der Waals surface area contributed by atoms with Crippen LogP contribution >= 0.6 is 23.2 Å². The van der Waals surface area contributed by atoms with Gasteiger partial charge < -0.3 is 10.2 Å². The molecule has 142 valence electrons. The molecule has 0 spiro atoms. The zero-order valence-corrected chi connectivity index (χ0v) is 16.6. The van der Waals surface area contributed by atoms with Gasteiger partial charge in [0.15, 0.2) is 0 Å². The summed E-state index contributed by atoms with van der Waals surface area (Å²) in [4.78, 5) is 24.1. The molecule has 28 heavy (non-hydrogen) atoms. The fourth-order valence-corrected chi connectivity index (χ4v) is 3.84. The summed E-state index contributed by atoms with van der Waals surface area (Å²) in [5, 5.41) is 20.3. The van der Waals surface area contributed by atoms with E-state index in [1.807, 2.05) is 19.9 Å². The first-order valence-corrected chi connectivity index (χ1v) is 9.13. The summed E-state index contributed by atoms with van der Waals surface area (Å²) in [6.07, 6.45) is 0. The highest BCUT2D eigenvalue weighted by atomic mass is 35.5. The van der Waals surface area contributed by atoms with Gasteiger partial charge in [-0.1, -0.05) is 53.5 Å². The Hall–Kier alpha value is -2.82. The quantitative estimate of drug-likeness (QED) is 0.521. The van der Waals surface area contributed by atoms with Crippen molar-refractivity contribution in [3.63, 3.8) is 0 Å². The van der Waals surface area contributed by atoms with Gasteiger partial charge in [-0.15, -0.1) is 0 Å². The molecule has 0 atom stereocenters. The van der Waals surface area contributed by atoms with Gasteiger partial charge in [-0.25, -0.2) is 9.59 Å². The van der Waals surface area contributed by atoms with E-state index in [1.165, 1.54) is 12.1 Å². The van der Waals surface area contributed by atoms with Gasteiger partial charge in [-0.3, -0.25) is 0 Å². The molecular formula is C22H16Cl2O4. The molecule has 0 unspecified atom stereocenters. The molecule has 0 amide bonds. The van der Waals surface area contributed by atoms with Gasteiger partial charge in [0.25, 0.3) is 0 Å². The molecule has 3 aromatic rings. The van der Waals surface area contributed by atoms with Crippen LogP contribution < -0.4 is 0 Å². The summed E-state index contributed by atoms with van der Waals surface area (Å²) < 4.78 is 0. The number of carboxylic acid groups (broad SMARTS) is 2. The molecule has 0 heterocycles. The van der Waals surface area contributed by atoms with Crippen molar-refractivity contribution in [1.29, 1.82) is 0 Å². The number of benzene rings is 3. The highest BCUT2D eigenvalue weighted by molar-refractivity contribution is 6.35. The van der Waals surface area contributed by atoms with Crippen molar-refractivity contribution in [3.8, 4) is 22.3 Å². The number of hydrogen-bond donors (Lipinski definition) is 2. The maximum atomic E-state index is 12.2. The van der Waals surface area contributed by atoms with E-state index in [-0.39, 0.29) is 21.7 Å². The molecule has 0 aromatic heterocycles. The van der Waals surface area contributed by atoms with E-state index >= 15 is 0 Å². The molecule has 4 nitrogen and oxygen atoms in total. The van der Waals surface area contributed by atoms with Crippen LogP contribution in [0.15, 0.2) is 48.5 Å². The molecule has 0 saturated carbocycles. The standard InChI is InChI=1S/C22H16Cl2O4/c1-11-3-5-13(17(23)9-11)14-7-8-16(21(25)26)19(20(14)22(27)28)15-6-4-12(2)10-18(15)24/h3-10H,1-2H3,(H,25,26)(H,27,28). The van der Waals surface area contributed by atoms with Crippen molar-refractivity contribution in [2.45, 2.75) is 13.8 Å². The van der Waals surface area contributed by atoms with Crippen molar-refractivity contribution >= 4 is 35.1 Å². The number of hydrogen-bond acceptors (Lipinski definition) is 2. The lowest BCUT2D eigenvalue weighted by Gasteiger charge is -2.17. The zero-order chi connectivity index (χ0) is 20.6. The van der Waals surface area contributed by atoms with E-state index in [9.17, 15) is 19.8 Å². The monoisotopic (exact) mass is 414 g/mol. The number of halogens is 2. The fraction of sp³-hybridized carbons (Fsp3) is 0.0909. The minimum atomic E-state index is -1.26. The minimum Gasteiger partial charge on any atom is -0.478 e. The number of aromatic carboxylic acids is 2. The smallest absolute Gasteiger partial charge is 0.336 e. The summed E-state index contributed by atoms with van der Waals surface area (Å²) in [5.41, 5.74) is 2.73. The highest BCUT2D eigenvalue weighted by Gasteiger charge is 2.26. The molecule has 0 aliphatic carbocycles. The molecule has 0 aliphatic rings. The SMILES string of the molecule is Cc1ccc(-c2ccc(C(=O)O)c(-c3ccc(C)cc3Cl)c2C(=O)O)c(Cl)c1. The van der Waals surface area contributed by atoms with Gasteiger partial charge in [0.05, 0.1) is 11.1 Å². The second-order valence-electron chi connectivity index (χ2n) is 6.49. The average Bonchev–Trinajstić information content (AvgIpc) is 2.60. The Labute approximate surface area is 172 Å². The summed E-state index contributed by atoms with van der Waals surface area (Å²) in [7, 11) is 0. The lowest BCUT2D eigenvalue weighted by atomic mass is 9.87. The average molecular weight is 415 g/mol. The van der Waals surface area contributed by atoms with Crippen molar-refractivity contribution in [2.24, 2.45) is 0 Å². The van der Waals surface area contributed by atoms with Gasteiger partial charge >= 0.3 is 11.9 Å². The molecule has 6 heteroatoms. The predicted molar refractivity (Wildman–Crippen MR) is 111 cm³/mol. The van der Waals surface area contributed by atoms with Crippen molar-refractivity contribution in [1.82, 2.24) is 0 Å². The zero-order valence-electron chi connectivity index (χ0n) is 15.1. The van der Waals surface area contributed by atoms with Crippen LogP contribution in [0.4, 0.5) is 0 Å². The number of carbonyl (C=O) groups is 2. The van der Waals surface area contributed by atoms with E-state index in [1.54, 1.807) is 30.3 Å². The van der Waals surface area contributed by atoms with Crippen molar-refractivity contribution in [3.05, 3.63) is 80.8 Å². The lowest BCUT2D eigenvalue weighted by Crippen LogP contribution is -2.09. The van der Waals surface area contributed by atoms with Crippen molar-refractivity contribution in [2.75, 3.05) is 0 Å². The van der Waals surface area contributed by atoms with Crippen LogP contribution in [-0.4, -0.2) is 22.2 Å². The Bertz CT molecular complexity index is 1120. The summed E-state index contributed by atoms with van der Waals surface area (Å²) in [5.74, 6) is -2.50. The summed E-state index contributed by atoms with van der Waals surface area (Å²) in [6, 6.07) is 13.2. The third-order valence-electron chi connectivity index (χ3n) is 4.46. The Balaban J connectivity index is 2.45. The van der Waals surface area contributed by atoms with Gasteiger partial charge in [-0.05, 0) is 48.7 Å². The van der Waals surface area contributed by atoms with E-state index in [4.69, 9.17) is 23.2 Å². The van der Waals surface area contributed by atoms with Crippen LogP contribution in [-0.2, 0) is 0 Å². The van der Waals surface area contributed by atoms with Crippen LogP contribution in [0.3, 0.4) is 0 Å². The number of aryl methyl sites for hydroxylation is 2. The van der Waals surface area contributed by atoms with Crippen LogP contribution in [0.2, 0.25) is 10.0 Å². The fourth-order valence-electron chi connectivity index (χ4n) is 3.17. The normalized spacial score (nSPS) is 10.7. The first-order chi connectivity index (χ1) is 13.2. The van der Waals surface area contributed by atoms with E-state index in [0.717, 1.165) is 11.1 Å². The first kappa shape index (κ1) is 19.9. The van der Waals surface area contributed by atoms with E-state index < -0.39 is 11.9 Å². The van der Waals surface area contributed by atoms with E-state index in [2.05, 4.69) is 0 Å². The topological polar surface area (TPSA) is 74.6 Å². The molecule has 0 saturated heterocycles. The van der Waals surface area contributed by atoms with Crippen LogP contribution in [0.25, 0.3) is 22.3 Å².